The van der Waals surface area contributed by atoms with Gasteiger partial charge in [-0.25, -0.2) is 0 Å². The zero-order valence-electron chi connectivity index (χ0n) is 36.9. The van der Waals surface area contributed by atoms with E-state index in [0.717, 1.165) is 50.1 Å². The van der Waals surface area contributed by atoms with E-state index in [4.69, 9.17) is 4.42 Å². The largest absolute Gasteiger partial charge is 0.456 e. The summed E-state index contributed by atoms with van der Waals surface area (Å²) in [6, 6.07) is 86.9. The summed E-state index contributed by atoms with van der Waals surface area (Å²) in [5.41, 5.74) is 21.8. The summed E-state index contributed by atoms with van der Waals surface area (Å²) in [5.74, 6) is 0. The Bertz CT molecular complexity index is 3630. The molecule has 0 N–H and O–H groups in total. The van der Waals surface area contributed by atoms with Gasteiger partial charge in [0, 0.05) is 33.1 Å². The van der Waals surface area contributed by atoms with Crippen molar-refractivity contribution in [2.75, 3.05) is 4.90 Å². The van der Waals surface area contributed by atoms with E-state index >= 15 is 0 Å². The van der Waals surface area contributed by atoms with Gasteiger partial charge in [0.15, 0.2) is 0 Å². The van der Waals surface area contributed by atoms with Crippen molar-refractivity contribution in [2.24, 2.45) is 0 Å². The van der Waals surface area contributed by atoms with E-state index in [1.165, 1.54) is 66.8 Å². The lowest BCUT2D eigenvalue weighted by molar-refractivity contribution is 0.658. The fourth-order valence-electron chi connectivity index (χ4n) is 11.6. The molecule has 2 aliphatic rings. The van der Waals surface area contributed by atoms with E-state index in [2.05, 4.69) is 255 Å². The van der Waals surface area contributed by atoms with Gasteiger partial charge in [0.25, 0.3) is 0 Å². The molecule has 2 aliphatic carbocycles. The van der Waals surface area contributed by atoms with Gasteiger partial charge in [-0.2, -0.15) is 0 Å². The molecule has 0 saturated heterocycles. The molecule has 2 heteroatoms. The van der Waals surface area contributed by atoms with E-state index < -0.39 is 5.41 Å². The summed E-state index contributed by atoms with van der Waals surface area (Å²) in [5, 5.41) is 2.27. The van der Waals surface area contributed by atoms with Crippen LogP contribution in [0.5, 0.6) is 0 Å². The number of fused-ring (bicyclic) bond motifs is 9. The fourth-order valence-corrected chi connectivity index (χ4v) is 11.6. The molecule has 2 nitrogen and oxygen atoms in total. The monoisotopic (exact) mass is 843 g/mol. The minimum Gasteiger partial charge on any atom is -0.456 e. The highest BCUT2D eigenvalue weighted by Gasteiger charge is 2.46. The second kappa shape index (κ2) is 14.7. The van der Waals surface area contributed by atoms with Crippen LogP contribution in [0.25, 0.3) is 66.4 Å². The van der Waals surface area contributed by atoms with Gasteiger partial charge in [-0.1, -0.05) is 202 Å². The molecule has 0 amide bonds. The van der Waals surface area contributed by atoms with Crippen molar-refractivity contribution in [3.63, 3.8) is 0 Å². The molecular weight excluding hydrogens is 799 g/mol. The summed E-state index contributed by atoms with van der Waals surface area (Å²) in [4.78, 5) is 2.46. The third kappa shape index (κ3) is 5.55. The lowest BCUT2D eigenvalue weighted by atomic mass is 9.67. The summed E-state index contributed by atoms with van der Waals surface area (Å²) in [7, 11) is 0. The molecule has 1 aromatic heterocycles. The molecule has 11 aromatic rings. The molecule has 312 valence electrons. The Labute approximate surface area is 385 Å². The molecule has 0 atom stereocenters. The topological polar surface area (TPSA) is 16.4 Å². The average molecular weight is 844 g/mol. The second-order valence-electron chi connectivity index (χ2n) is 18.4. The van der Waals surface area contributed by atoms with Crippen molar-refractivity contribution >= 4 is 39.0 Å². The van der Waals surface area contributed by atoms with Crippen LogP contribution in [0.15, 0.2) is 241 Å². The van der Waals surface area contributed by atoms with Gasteiger partial charge in [-0.05, 0) is 121 Å². The first-order chi connectivity index (χ1) is 32.5. The number of para-hydroxylation sites is 1. The quantitative estimate of drug-likeness (QED) is 0.159. The molecule has 0 fully saturated rings. The molecule has 66 heavy (non-hydrogen) atoms. The van der Waals surface area contributed by atoms with Gasteiger partial charge >= 0.3 is 0 Å². The first kappa shape index (κ1) is 38.3. The third-order valence-electron chi connectivity index (χ3n) is 14.6. The number of rotatable bonds is 7. The van der Waals surface area contributed by atoms with Crippen molar-refractivity contribution in [3.8, 4) is 44.5 Å². The molecule has 0 radical (unpaired) electrons. The zero-order chi connectivity index (χ0) is 44.0. The highest BCUT2D eigenvalue weighted by atomic mass is 16.3. The number of hydrogen-bond donors (Lipinski definition) is 0. The Hall–Kier alpha value is -8.20. The Morgan fingerprint density at radius 2 is 0.894 bits per heavy atom. The minimum absolute atomic E-state index is 0.137. The van der Waals surface area contributed by atoms with Crippen LogP contribution in [-0.2, 0) is 10.8 Å². The molecule has 10 aromatic carbocycles. The van der Waals surface area contributed by atoms with Crippen molar-refractivity contribution in [2.45, 2.75) is 24.7 Å². The summed E-state index contributed by atoms with van der Waals surface area (Å²) >= 11 is 0. The van der Waals surface area contributed by atoms with Crippen molar-refractivity contribution in [1.29, 1.82) is 0 Å². The number of benzene rings is 10. The molecule has 0 spiro atoms. The third-order valence-corrected chi connectivity index (χ3v) is 14.6. The van der Waals surface area contributed by atoms with E-state index in [-0.39, 0.29) is 5.41 Å². The number of hydrogen-bond acceptors (Lipinski definition) is 2. The van der Waals surface area contributed by atoms with Crippen LogP contribution >= 0.6 is 0 Å². The molecular formula is C64H45NO. The van der Waals surface area contributed by atoms with Gasteiger partial charge < -0.3 is 9.32 Å². The minimum atomic E-state index is -0.540. The maximum atomic E-state index is 6.82. The highest BCUT2D eigenvalue weighted by molar-refractivity contribution is 6.15. The van der Waals surface area contributed by atoms with Crippen LogP contribution in [-0.4, -0.2) is 0 Å². The summed E-state index contributed by atoms with van der Waals surface area (Å²) in [6.07, 6.45) is 0. The van der Waals surface area contributed by atoms with E-state index in [9.17, 15) is 0 Å². The molecule has 1 heterocycles. The predicted octanol–water partition coefficient (Wildman–Crippen LogP) is 17.1. The Kier molecular flexibility index (Phi) is 8.51. The van der Waals surface area contributed by atoms with E-state index in [1.54, 1.807) is 0 Å². The van der Waals surface area contributed by atoms with Crippen LogP contribution in [0.2, 0.25) is 0 Å². The molecule has 0 unspecified atom stereocenters. The van der Waals surface area contributed by atoms with Gasteiger partial charge in [0.1, 0.15) is 11.2 Å². The first-order valence-corrected chi connectivity index (χ1v) is 23.0. The average Bonchev–Trinajstić information content (AvgIpc) is 3.98. The number of furan rings is 1. The smallest absolute Gasteiger partial charge is 0.136 e. The Balaban J connectivity index is 1.04. The summed E-state index contributed by atoms with van der Waals surface area (Å²) < 4.78 is 6.82. The molecule has 0 saturated carbocycles. The standard InChI is InChI=1S/C64H45NO/c1-63(2)55-30-13-9-27-50(55)53-41-61-54(40-58(53)63)62-52(29-18-34-60(62)66-61)51-28-12-16-33-59(51)65(46-37-35-43(36-38-46)42-19-5-3-6-20-42)47-24-17-23-45(39-47)64(44-21-7-4-8-22-44)56-31-14-10-25-48(56)49-26-11-15-32-57(49)64/h3-41H,1-2H3. The normalized spacial score (nSPS) is 13.8. The van der Waals surface area contributed by atoms with Crippen molar-refractivity contribution < 1.29 is 4.42 Å². The lowest BCUT2D eigenvalue weighted by Crippen LogP contribution is -2.28. The van der Waals surface area contributed by atoms with Crippen LogP contribution in [0, 0.1) is 0 Å². The fraction of sp³-hybridized carbons (Fsp3) is 0.0625. The van der Waals surface area contributed by atoms with Gasteiger partial charge in [0.2, 0.25) is 0 Å². The van der Waals surface area contributed by atoms with Crippen molar-refractivity contribution in [3.05, 3.63) is 270 Å². The van der Waals surface area contributed by atoms with Gasteiger partial charge in [0.05, 0.1) is 11.1 Å². The zero-order valence-corrected chi connectivity index (χ0v) is 36.9. The Morgan fingerprint density at radius 1 is 0.348 bits per heavy atom. The Morgan fingerprint density at radius 3 is 1.61 bits per heavy atom. The van der Waals surface area contributed by atoms with Crippen molar-refractivity contribution in [1.82, 2.24) is 0 Å². The maximum Gasteiger partial charge on any atom is 0.136 e. The van der Waals surface area contributed by atoms with Crippen LogP contribution in [0.3, 0.4) is 0 Å². The van der Waals surface area contributed by atoms with Crippen LogP contribution in [0.1, 0.15) is 47.2 Å². The SMILES string of the molecule is CC1(C)c2ccccc2-c2cc3oc4cccc(-c5ccccc5N(c5ccc(-c6ccccc6)cc5)c5cccc(C6(c7ccccc7)c7ccccc7-c7ccccc76)c5)c4c3cc21. The molecule has 0 aliphatic heterocycles. The highest BCUT2D eigenvalue weighted by Crippen LogP contribution is 2.57. The van der Waals surface area contributed by atoms with E-state index in [1.807, 2.05) is 0 Å². The van der Waals surface area contributed by atoms with Gasteiger partial charge in [-0.15, -0.1) is 0 Å². The second-order valence-corrected chi connectivity index (χ2v) is 18.4. The summed E-state index contributed by atoms with van der Waals surface area (Å²) in [6.45, 7) is 4.70. The van der Waals surface area contributed by atoms with E-state index in [0.29, 0.717) is 0 Å². The van der Waals surface area contributed by atoms with Crippen LogP contribution in [0.4, 0.5) is 17.1 Å². The lowest BCUT2D eigenvalue weighted by Gasteiger charge is -2.35. The number of anilines is 3. The van der Waals surface area contributed by atoms with Crippen LogP contribution < -0.4 is 4.90 Å². The van der Waals surface area contributed by atoms with Gasteiger partial charge in [-0.3, -0.25) is 0 Å². The predicted molar refractivity (Wildman–Crippen MR) is 274 cm³/mol. The first-order valence-electron chi connectivity index (χ1n) is 23.0. The molecule has 0 bridgehead atoms. The molecule has 13 rings (SSSR count). The number of nitrogens with zero attached hydrogens (tertiary/aromatic N) is 1. The maximum absolute atomic E-state index is 6.82.